The van der Waals surface area contributed by atoms with E-state index in [0.29, 0.717) is 0 Å². The first-order chi connectivity index (χ1) is 1.73. The van der Waals surface area contributed by atoms with Crippen molar-refractivity contribution in [3.63, 3.8) is 0 Å². The fourth-order valence-electron chi connectivity index (χ4n) is 0. The van der Waals surface area contributed by atoms with Crippen molar-refractivity contribution in [2.75, 3.05) is 0 Å². The summed E-state index contributed by atoms with van der Waals surface area (Å²) >= 11 is 0. The Labute approximate surface area is 26.7 Å². The average molecular weight is 77.8 g/mol. The smallest absolute Gasteiger partial charge is 0.204 e. The van der Waals surface area contributed by atoms with Gasteiger partial charge in [0, 0.05) is 0 Å². The first-order valence-electron chi connectivity index (χ1n) is 0.847. The first-order valence-corrected chi connectivity index (χ1v) is 2.54. The van der Waals surface area contributed by atoms with Crippen LogP contribution in [0.2, 0.25) is 0 Å². The number of rotatable bonds is 0. The molecule has 0 saturated heterocycles. The van der Waals surface area contributed by atoms with E-state index in [9.17, 15) is 0 Å². The van der Waals surface area contributed by atoms with Gasteiger partial charge >= 0.3 is 0 Å². The van der Waals surface area contributed by atoms with Gasteiger partial charge in [-0.15, -0.1) is 0 Å². The van der Waals surface area contributed by atoms with Crippen molar-refractivity contribution in [1.82, 2.24) is 0 Å². The maximum Gasteiger partial charge on any atom is 0.204 e. The molecule has 0 heterocycles. The van der Waals surface area contributed by atoms with Crippen LogP contribution in [-0.2, 0) is 0 Å². The topological polar surface area (TPSA) is 40.5 Å². The van der Waals surface area contributed by atoms with E-state index < -0.39 is 8.25 Å². The van der Waals surface area contributed by atoms with E-state index in [0.717, 1.165) is 0 Å². The first kappa shape index (κ1) is 4.41. The lowest BCUT2D eigenvalue weighted by Gasteiger charge is -1.79. The molecule has 0 radical (unpaired) electrons. The molecule has 24 valence electrons. The molecular weight excluding hydrogens is 73.8 g/mol. The van der Waals surface area contributed by atoms with Gasteiger partial charge in [-0.05, 0) is 0 Å². The maximum absolute atomic E-state index is 7.68. The van der Waals surface area contributed by atoms with Gasteiger partial charge in [-0.25, -0.2) is 0 Å². The highest BCUT2D eigenvalue weighted by molar-refractivity contribution is 7.72. The number of hydrogen-bond donors (Lipinski definition) is 2. The van der Waals surface area contributed by atoms with E-state index in [2.05, 4.69) is 0 Å². The van der Waals surface area contributed by atoms with E-state index in [1.165, 1.54) is 7.57 Å². The minimum Gasteiger partial charge on any atom is -0.358 e. The Morgan fingerprint density at radius 3 is 1.50 bits per heavy atom. The van der Waals surface area contributed by atoms with Crippen molar-refractivity contribution in [2.45, 2.75) is 0 Å². The number of hydrogen-bond acceptors (Lipinski definition) is 2. The summed E-state index contributed by atoms with van der Waals surface area (Å²) in [5.41, 5.74) is 0. The van der Waals surface area contributed by atoms with Crippen LogP contribution in [0.5, 0.6) is 0 Å². The van der Waals surface area contributed by atoms with Gasteiger partial charge < -0.3 is 9.79 Å². The Balaban J connectivity index is 2.32. The van der Waals surface area contributed by atoms with E-state index >= 15 is 0 Å². The summed E-state index contributed by atoms with van der Waals surface area (Å²) in [4.78, 5) is 15.4. The SMILES string of the molecule is BP(O)O. The molecule has 0 atom stereocenters. The molecule has 0 bridgehead atoms. The van der Waals surface area contributed by atoms with Crippen molar-refractivity contribution in [1.29, 1.82) is 0 Å². The summed E-state index contributed by atoms with van der Waals surface area (Å²) in [6.45, 7) is 0. The minimum atomic E-state index is -1.62. The second-order valence-electron chi connectivity index (χ2n) is 0.489. The molecule has 0 aliphatic rings. The Morgan fingerprint density at radius 2 is 1.50 bits per heavy atom. The molecular formula is H4BO2P. The third-order valence-electron chi connectivity index (χ3n) is 0. The second-order valence-corrected chi connectivity index (χ2v) is 1.47. The predicted molar refractivity (Wildman–Crippen MR) is 19.9 cm³/mol. The van der Waals surface area contributed by atoms with Gasteiger partial charge in [0.15, 0.2) is 0 Å². The average Bonchev–Trinajstić information content (AvgIpc) is 0.811. The summed E-state index contributed by atoms with van der Waals surface area (Å²) in [6, 6.07) is 0. The zero-order chi connectivity index (χ0) is 3.58. The third kappa shape index (κ3) is 28.1. The molecule has 0 aliphatic carbocycles. The quantitative estimate of drug-likeness (QED) is 0.283. The van der Waals surface area contributed by atoms with Gasteiger partial charge in [-0.2, -0.15) is 0 Å². The van der Waals surface area contributed by atoms with E-state index in [4.69, 9.17) is 9.79 Å². The zero-order valence-corrected chi connectivity index (χ0v) is 3.24. The van der Waals surface area contributed by atoms with Gasteiger partial charge in [0.2, 0.25) is 7.57 Å². The van der Waals surface area contributed by atoms with Crippen molar-refractivity contribution in [2.24, 2.45) is 0 Å². The molecule has 0 fully saturated rings. The fourth-order valence-corrected chi connectivity index (χ4v) is 0. The van der Waals surface area contributed by atoms with Crippen molar-refractivity contribution < 1.29 is 9.79 Å². The molecule has 0 unspecified atom stereocenters. The summed E-state index contributed by atoms with van der Waals surface area (Å²) in [6.07, 6.45) is 0. The molecule has 0 aromatic heterocycles. The van der Waals surface area contributed by atoms with E-state index in [1.807, 2.05) is 0 Å². The molecule has 4 heteroatoms. The van der Waals surface area contributed by atoms with Gasteiger partial charge in [0.1, 0.15) is 8.25 Å². The van der Waals surface area contributed by atoms with E-state index in [-0.39, 0.29) is 0 Å². The summed E-state index contributed by atoms with van der Waals surface area (Å²) in [5.74, 6) is 0. The summed E-state index contributed by atoms with van der Waals surface area (Å²) in [7, 11) is -0.278. The molecule has 0 saturated carbocycles. The third-order valence-corrected chi connectivity index (χ3v) is 0. The van der Waals surface area contributed by atoms with Crippen LogP contribution in [0.4, 0.5) is 0 Å². The summed E-state index contributed by atoms with van der Waals surface area (Å²) in [5, 5.41) is 0. The van der Waals surface area contributed by atoms with Crippen LogP contribution in [-0.4, -0.2) is 17.4 Å². The Morgan fingerprint density at radius 1 is 1.50 bits per heavy atom. The fraction of sp³-hybridized carbons (Fsp3) is 0. The summed E-state index contributed by atoms with van der Waals surface area (Å²) < 4.78 is 0. The molecule has 2 nitrogen and oxygen atoms in total. The van der Waals surface area contributed by atoms with Crippen LogP contribution < -0.4 is 0 Å². The molecule has 0 aliphatic heterocycles. The minimum absolute atomic E-state index is 1.34. The van der Waals surface area contributed by atoms with Gasteiger partial charge in [-0.1, -0.05) is 0 Å². The van der Waals surface area contributed by atoms with Gasteiger partial charge in [0.25, 0.3) is 0 Å². The van der Waals surface area contributed by atoms with Gasteiger partial charge in [-0.3, -0.25) is 0 Å². The second kappa shape index (κ2) is 1.71. The lowest BCUT2D eigenvalue weighted by atomic mass is 10.8. The Hall–Kier alpha value is 0.415. The van der Waals surface area contributed by atoms with E-state index in [1.54, 1.807) is 0 Å². The van der Waals surface area contributed by atoms with Crippen LogP contribution >= 0.6 is 8.25 Å². The molecule has 0 amide bonds. The zero-order valence-electron chi connectivity index (χ0n) is 2.34. The lowest BCUT2D eigenvalue weighted by Crippen LogP contribution is -1.56. The lowest BCUT2D eigenvalue weighted by molar-refractivity contribution is 0.504. The predicted octanol–water partition coefficient (Wildman–Crippen LogP) is -1.17. The molecule has 0 rings (SSSR count). The highest BCUT2D eigenvalue weighted by atomic mass is 31.2. The Kier molecular flexibility index (Phi) is 1.88. The van der Waals surface area contributed by atoms with Gasteiger partial charge in [0.05, 0.1) is 0 Å². The monoisotopic (exact) mass is 78.0 g/mol. The molecule has 4 heavy (non-hydrogen) atoms. The highest BCUT2D eigenvalue weighted by Crippen LogP contribution is 2.10. The molecule has 0 aromatic carbocycles. The standard InChI is InChI=1S/BH4O2P/c1-4(2)3/h2-3H,1H2. The van der Waals surface area contributed by atoms with Crippen LogP contribution in [0.3, 0.4) is 0 Å². The van der Waals surface area contributed by atoms with Crippen LogP contribution in [0, 0.1) is 0 Å². The highest BCUT2D eigenvalue weighted by Gasteiger charge is 1.72. The van der Waals surface area contributed by atoms with Crippen LogP contribution in [0.25, 0.3) is 0 Å². The normalized spacial score (nSPS) is 8.75. The van der Waals surface area contributed by atoms with Crippen LogP contribution in [0.1, 0.15) is 0 Å². The van der Waals surface area contributed by atoms with Crippen LogP contribution in [0.15, 0.2) is 0 Å². The largest absolute Gasteiger partial charge is 0.358 e. The van der Waals surface area contributed by atoms with Crippen molar-refractivity contribution in [3.05, 3.63) is 0 Å². The molecule has 0 aromatic rings. The van der Waals surface area contributed by atoms with Crippen molar-refractivity contribution in [3.8, 4) is 0 Å². The molecule has 0 spiro atoms. The Bertz CT molecular complexity index is 10.8. The maximum atomic E-state index is 7.68. The van der Waals surface area contributed by atoms with Crippen molar-refractivity contribution >= 4 is 15.8 Å². The molecule has 2 N–H and O–H groups in total.